The molecule has 1 aliphatic rings. The first-order chi connectivity index (χ1) is 10.5. The molecule has 6 heteroatoms. The van der Waals surface area contributed by atoms with Gasteiger partial charge in [-0.3, -0.25) is 0 Å². The highest BCUT2D eigenvalue weighted by Crippen LogP contribution is 2.32. The summed E-state index contributed by atoms with van der Waals surface area (Å²) in [6.45, 7) is 6.96. The number of nitrogens with two attached hydrogens (primary N) is 1. The van der Waals surface area contributed by atoms with E-state index >= 15 is 0 Å². The summed E-state index contributed by atoms with van der Waals surface area (Å²) in [5.41, 5.74) is 9.27. The molecule has 4 N–H and O–H groups in total. The number of rotatable bonds is 3. The summed E-state index contributed by atoms with van der Waals surface area (Å²) in [4.78, 5) is 6.45. The van der Waals surface area contributed by atoms with Gasteiger partial charge in [0.15, 0.2) is 0 Å². The zero-order chi connectivity index (χ0) is 15.7. The van der Waals surface area contributed by atoms with Crippen molar-refractivity contribution < 1.29 is 4.42 Å². The molecular formula is C16H21N5O. The lowest BCUT2D eigenvalue weighted by Gasteiger charge is -2.41. The van der Waals surface area contributed by atoms with Gasteiger partial charge in [-0.2, -0.15) is 0 Å². The second kappa shape index (κ2) is 5.46. The molecule has 2 heterocycles. The largest absolute Gasteiger partial charge is 0.445 e. The highest BCUT2D eigenvalue weighted by Gasteiger charge is 2.27. The van der Waals surface area contributed by atoms with Gasteiger partial charge in [0.25, 0.3) is 0 Å². The molecule has 22 heavy (non-hydrogen) atoms. The second-order valence-corrected chi connectivity index (χ2v) is 6.21. The highest BCUT2D eigenvalue weighted by atomic mass is 16.3. The van der Waals surface area contributed by atoms with Gasteiger partial charge in [0.1, 0.15) is 6.26 Å². The fourth-order valence-corrected chi connectivity index (χ4v) is 2.92. The first kappa shape index (κ1) is 14.6. The van der Waals surface area contributed by atoms with Gasteiger partial charge in [0.2, 0.25) is 5.89 Å². The van der Waals surface area contributed by atoms with Gasteiger partial charge in [0.05, 0.1) is 6.20 Å². The van der Waals surface area contributed by atoms with Gasteiger partial charge >= 0.3 is 0 Å². The van der Waals surface area contributed by atoms with Crippen LogP contribution in [0.15, 0.2) is 29.0 Å². The maximum atomic E-state index is 7.70. The van der Waals surface area contributed by atoms with E-state index in [4.69, 9.17) is 15.6 Å². The fourth-order valence-electron chi connectivity index (χ4n) is 2.92. The third kappa shape index (κ3) is 2.69. The van der Waals surface area contributed by atoms with Crippen molar-refractivity contribution >= 4 is 17.6 Å². The Balaban J connectivity index is 2.06. The number of hydrogen-bond acceptors (Lipinski definition) is 6. The van der Waals surface area contributed by atoms with Crippen molar-refractivity contribution in [2.45, 2.75) is 19.4 Å². The van der Waals surface area contributed by atoms with Crippen LogP contribution in [0, 0.1) is 5.41 Å². The lowest BCUT2D eigenvalue weighted by Crippen LogP contribution is -2.57. The molecule has 116 valence electrons. The van der Waals surface area contributed by atoms with Crippen molar-refractivity contribution in [3.05, 3.63) is 30.2 Å². The molecule has 0 unspecified atom stereocenters. The first-order valence-electron chi connectivity index (χ1n) is 7.34. The van der Waals surface area contributed by atoms with E-state index in [2.05, 4.69) is 29.0 Å². The monoisotopic (exact) mass is 299 g/mol. The number of nitrogens with zero attached hydrogens (tertiary/aromatic N) is 2. The Morgan fingerprint density at radius 2 is 2.27 bits per heavy atom. The van der Waals surface area contributed by atoms with Crippen LogP contribution in [0.5, 0.6) is 0 Å². The van der Waals surface area contributed by atoms with Crippen LogP contribution >= 0.6 is 0 Å². The summed E-state index contributed by atoms with van der Waals surface area (Å²) in [6, 6.07) is 3.81. The van der Waals surface area contributed by atoms with E-state index in [9.17, 15) is 0 Å². The maximum absolute atomic E-state index is 7.70. The van der Waals surface area contributed by atoms with Gasteiger partial charge in [0, 0.05) is 53.9 Å². The van der Waals surface area contributed by atoms with Crippen LogP contribution in [0.3, 0.4) is 0 Å². The zero-order valence-electron chi connectivity index (χ0n) is 12.9. The van der Waals surface area contributed by atoms with Crippen LogP contribution in [-0.4, -0.2) is 36.4 Å². The summed E-state index contributed by atoms with van der Waals surface area (Å²) >= 11 is 0. The number of oxazole rings is 1. The predicted octanol–water partition coefficient (Wildman–Crippen LogP) is 2.11. The molecule has 0 atom stereocenters. The summed E-state index contributed by atoms with van der Waals surface area (Å²) in [5.74, 6) is 0.541. The van der Waals surface area contributed by atoms with Gasteiger partial charge in [-0.15, -0.1) is 0 Å². The molecule has 1 fully saturated rings. The highest BCUT2D eigenvalue weighted by molar-refractivity contribution is 5.95. The minimum Gasteiger partial charge on any atom is -0.445 e. The minimum atomic E-state index is 0.0191. The number of aromatic nitrogens is 1. The van der Waals surface area contributed by atoms with Crippen LogP contribution in [0.4, 0.5) is 11.4 Å². The fraction of sp³-hybridized carbons (Fsp3) is 0.375. The Morgan fingerprint density at radius 3 is 2.91 bits per heavy atom. The standard InChI is InChI=1S/C16H21N5O/c1-16(2)10-21(5-3-20-16)14-8-11(15-19-4-6-22-15)7-13(18)12(14)9-17/h4,6-9,17,20H,3,5,10,18H2,1-2H3. The number of anilines is 2. The van der Waals surface area contributed by atoms with Gasteiger partial charge < -0.3 is 25.8 Å². The van der Waals surface area contributed by atoms with Crippen LogP contribution in [0.25, 0.3) is 11.5 Å². The molecule has 0 spiro atoms. The van der Waals surface area contributed by atoms with Gasteiger partial charge in [-0.25, -0.2) is 4.98 Å². The van der Waals surface area contributed by atoms with Crippen molar-refractivity contribution in [3.8, 4) is 11.5 Å². The Hall–Kier alpha value is -2.34. The number of nitrogens with one attached hydrogen (secondary N) is 2. The Morgan fingerprint density at radius 1 is 1.45 bits per heavy atom. The van der Waals surface area contributed by atoms with E-state index in [1.165, 1.54) is 6.21 Å². The third-order valence-corrected chi connectivity index (χ3v) is 3.93. The average Bonchev–Trinajstić information content (AvgIpc) is 2.99. The molecule has 1 aromatic heterocycles. The Labute approximate surface area is 129 Å². The molecule has 0 radical (unpaired) electrons. The quantitative estimate of drug-likeness (QED) is 0.596. The lowest BCUT2D eigenvalue weighted by atomic mass is 9.99. The van der Waals surface area contributed by atoms with E-state index in [-0.39, 0.29) is 5.54 Å². The predicted molar refractivity (Wildman–Crippen MR) is 88.5 cm³/mol. The zero-order valence-corrected chi connectivity index (χ0v) is 12.9. The maximum Gasteiger partial charge on any atom is 0.226 e. The lowest BCUT2D eigenvalue weighted by molar-refractivity contribution is 0.353. The molecule has 0 bridgehead atoms. The summed E-state index contributed by atoms with van der Waals surface area (Å²) in [7, 11) is 0. The molecule has 0 aliphatic carbocycles. The summed E-state index contributed by atoms with van der Waals surface area (Å²) < 4.78 is 5.38. The van der Waals surface area contributed by atoms with E-state index in [1.54, 1.807) is 12.5 Å². The molecule has 0 amide bonds. The van der Waals surface area contributed by atoms with E-state index in [0.717, 1.165) is 36.4 Å². The summed E-state index contributed by atoms with van der Waals surface area (Å²) in [6.07, 6.45) is 4.48. The topological polar surface area (TPSA) is 91.2 Å². The molecule has 1 aliphatic heterocycles. The van der Waals surface area contributed by atoms with Crippen molar-refractivity contribution in [3.63, 3.8) is 0 Å². The van der Waals surface area contributed by atoms with E-state index in [0.29, 0.717) is 11.6 Å². The number of nitrogen functional groups attached to an aromatic ring is 1. The Bertz CT molecular complexity index is 678. The molecule has 1 aromatic carbocycles. The van der Waals surface area contributed by atoms with Gasteiger partial charge in [-0.1, -0.05) is 0 Å². The van der Waals surface area contributed by atoms with E-state index < -0.39 is 0 Å². The van der Waals surface area contributed by atoms with Crippen molar-refractivity contribution in [2.24, 2.45) is 0 Å². The molecule has 0 saturated carbocycles. The number of hydrogen-bond donors (Lipinski definition) is 3. The van der Waals surface area contributed by atoms with Crippen LogP contribution < -0.4 is 16.0 Å². The molecule has 2 aromatic rings. The minimum absolute atomic E-state index is 0.0191. The van der Waals surface area contributed by atoms with E-state index in [1.807, 2.05) is 12.1 Å². The Kier molecular flexibility index (Phi) is 3.62. The van der Waals surface area contributed by atoms with Crippen LogP contribution in [0.1, 0.15) is 19.4 Å². The molecular weight excluding hydrogens is 278 g/mol. The SMILES string of the molecule is CC1(C)CN(c2cc(-c3ncco3)cc(N)c2C=N)CCN1. The average molecular weight is 299 g/mol. The number of benzene rings is 1. The van der Waals surface area contributed by atoms with Gasteiger partial charge in [-0.05, 0) is 26.0 Å². The van der Waals surface area contributed by atoms with Crippen molar-refractivity contribution in [1.29, 1.82) is 5.41 Å². The second-order valence-electron chi connectivity index (χ2n) is 6.21. The normalized spacial score (nSPS) is 17.5. The van der Waals surface area contributed by atoms with Crippen molar-refractivity contribution in [1.82, 2.24) is 10.3 Å². The molecule has 1 saturated heterocycles. The smallest absolute Gasteiger partial charge is 0.226 e. The molecule has 3 rings (SSSR count). The summed E-state index contributed by atoms with van der Waals surface area (Å²) in [5, 5.41) is 11.2. The van der Waals surface area contributed by atoms with Crippen LogP contribution in [0.2, 0.25) is 0 Å². The molecule has 6 nitrogen and oxygen atoms in total. The van der Waals surface area contributed by atoms with Crippen molar-refractivity contribution in [2.75, 3.05) is 30.3 Å². The van der Waals surface area contributed by atoms with Crippen LogP contribution in [-0.2, 0) is 0 Å². The number of piperazine rings is 1. The third-order valence-electron chi connectivity index (χ3n) is 3.93. The first-order valence-corrected chi connectivity index (χ1v) is 7.34.